The number of benzene rings is 1. The SMILES string of the molecule is CN(Cc1ccncc1)S(=O)(=O)c1cccc([N+](=O)[O-])c1. The molecule has 0 unspecified atom stereocenters. The van der Waals surface area contributed by atoms with Gasteiger partial charge < -0.3 is 0 Å². The molecule has 0 saturated heterocycles. The van der Waals surface area contributed by atoms with Gasteiger partial charge in [-0.25, -0.2) is 8.42 Å². The van der Waals surface area contributed by atoms with Crippen LogP contribution in [-0.4, -0.2) is 29.7 Å². The predicted octanol–water partition coefficient (Wildman–Crippen LogP) is 1.81. The highest BCUT2D eigenvalue weighted by atomic mass is 32.2. The Bertz CT molecular complexity index is 747. The molecule has 21 heavy (non-hydrogen) atoms. The standard InChI is InChI=1S/C13H13N3O4S/c1-15(10-11-5-7-14-8-6-11)21(19,20)13-4-2-3-12(9-13)16(17)18/h2-9H,10H2,1H3. The maximum atomic E-state index is 12.4. The molecule has 0 N–H and O–H groups in total. The van der Waals surface area contributed by atoms with Gasteiger partial charge in [0.1, 0.15) is 0 Å². The van der Waals surface area contributed by atoms with Crippen molar-refractivity contribution in [2.24, 2.45) is 0 Å². The highest BCUT2D eigenvalue weighted by Gasteiger charge is 2.22. The predicted molar refractivity (Wildman–Crippen MR) is 76.0 cm³/mol. The van der Waals surface area contributed by atoms with Crippen molar-refractivity contribution in [3.63, 3.8) is 0 Å². The van der Waals surface area contributed by atoms with Crippen molar-refractivity contribution in [1.82, 2.24) is 9.29 Å². The molecule has 0 bridgehead atoms. The van der Waals surface area contributed by atoms with Crippen molar-refractivity contribution >= 4 is 15.7 Å². The van der Waals surface area contributed by atoms with Crippen LogP contribution < -0.4 is 0 Å². The van der Waals surface area contributed by atoms with Crippen LogP contribution in [0.1, 0.15) is 5.56 Å². The van der Waals surface area contributed by atoms with E-state index < -0.39 is 14.9 Å². The van der Waals surface area contributed by atoms with Gasteiger partial charge in [0.25, 0.3) is 5.69 Å². The molecule has 7 nitrogen and oxygen atoms in total. The van der Waals surface area contributed by atoms with Crippen molar-refractivity contribution in [3.05, 3.63) is 64.5 Å². The molecule has 0 spiro atoms. The molecular formula is C13H13N3O4S. The minimum atomic E-state index is -3.78. The fourth-order valence-corrected chi connectivity index (χ4v) is 2.97. The molecule has 0 amide bonds. The van der Waals surface area contributed by atoms with Crippen molar-refractivity contribution in [2.75, 3.05) is 7.05 Å². The van der Waals surface area contributed by atoms with Crippen molar-refractivity contribution < 1.29 is 13.3 Å². The van der Waals surface area contributed by atoms with Gasteiger partial charge >= 0.3 is 0 Å². The van der Waals surface area contributed by atoms with Gasteiger partial charge in [-0.1, -0.05) is 6.07 Å². The first-order valence-corrected chi connectivity index (χ1v) is 7.45. The minimum Gasteiger partial charge on any atom is -0.265 e. The van der Waals surface area contributed by atoms with Gasteiger partial charge in [-0.2, -0.15) is 4.31 Å². The average molecular weight is 307 g/mol. The van der Waals surface area contributed by atoms with E-state index in [1.807, 2.05) is 0 Å². The summed E-state index contributed by atoms with van der Waals surface area (Å²) < 4.78 is 25.9. The van der Waals surface area contributed by atoms with Gasteiger partial charge in [-0.05, 0) is 23.8 Å². The second-order valence-electron chi connectivity index (χ2n) is 4.37. The lowest BCUT2D eigenvalue weighted by molar-refractivity contribution is -0.385. The molecule has 0 aliphatic rings. The Hall–Kier alpha value is -2.32. The van der Waals surface area contributed by atoms with E-state index in [2.05, 4.69) is 4.98 Å². The first kappa shape index (κ1) is 15.1. The van der Waals surface area contributed by atoms with Crippen molar-refractivity contribution in [1.29, 1.82) is 0 Å². The monoisotopic (exact) mass is 307 g/mol. The van der Waals surface area contributed by atoms with Crippen LogP contribution in [0.15, 0.2) is 53.7 Å². The summed E-state index contributed by atoms with van der Waals surface area (Å²) in [6, 6.07) is 8.41. The number of nitro groups is 1. The average Bonchev–Trinajstić information content (AvgIpc) is 2.48. The molecule has 8 heteroatoms. The molecule has 2 aromatic rings. The Morgan fingerprint density at radius 3 is 2.52 bits per heavy atom. The third-order valence-electron chi connectivity index (χ3n) is 2.89. The number of aromatic nitrogens is 1. The summed E-state index contributed by atoms with van der Waals surface area (Å²) >= 11 is 0. The first-order valence-electron chi connectivity index (χ1n) is 6.01. The van der Waals surface area contributed by atoms with Gasteiger partial charge in [0.05, 0.1) is 9.82 Å². The number of pyridine rings is 1. The summed E-state index contributed by atoms with van der Waals surface area (Å²) in [5.41, 5.74) is 0.523. The third kappa shape index (κ3) is 3.41. The Kier molecular flexibility index (Phi) is 4.29. The minimum absolute atomic E-state index is 0.103. The quantitative estimate of drug-likeness (QED) is 0.620. The maximum absolute atomic E-state index is 12.4. The summed E-state index contributed by atoms with van der Waals surface area (Å²) in [4.78, 5) is 13.9. The maximum Gasteiger partial charge on any atom is 0.270 e. The lowest BCUT2D eigenvalue weighted by Gasteiger charge is -2.17. The van der Waals surface area contributed by atoms with Crippen LogP contribution >= 0.6 is 0 Å². The molecule has 1 heterocycles. The third-order valence-corrected chi connectivity index (χ3v) is 4.69. The van der Waals surface area contributed by atoms with Gasteiger partial charge in [0.15, 0.2) is 0 Å². The number of sulfonamides is 1. The van der Waals surface area contributed by atoms with Crippen LogP contribution in [-0.2, 0) is 16.6 Å². The first-order chi connectivity index (χ1) is 9.91. The highest BCUT2D eigenvalue weighted by Crippen LogP contribution is 2.21. The van der Waals surface area contributed by atoms with Crippen LogP contribution in [0.5, 0.6) is 0 Å². The Morgan fingerprint density at radius 1 is 1.24 bits per heavy atom. The van der Waals surface area contributed by atoms with E-state index in [-0.39, 0.29) is 17.1 Å². The van der Waals surface area contributed by atoms with E-state index in [0.717, 1.165) is 15.9 Å². The number of hydrogen-bond donors (Lipinski definition) is 0. The van der Waals surface area contributed by atoms with Gasteiger partial charge in [-0.3, -0.25) is 15.1 Å². The summed E-state index contributed by atoms with van der Waals surface area (Å²) in [6.45, 7) is 0.160. The van der Waals surface area contributed by atoms with Crippen LogP contribution in [0, 0.1) is 10.1 Å². The molecule has 0 aliphatic carbocycles. The number of nitrogens with zero attached hydrogens (tertiary/aromatic N) is 3. The Labute approximate surface area is 122 Å². The summed E-state index contributed by atoms with van der Waals surface area (Å²) in [6.07, 6.45) is 3.15. The Morgan fingerprint density at radius 2 is 1.90 bits per heavy atom. The van der Waals surface area contributed by atoms with Crippen LogP contribution in [0.4, 0.5) is 5.69 Å². The zero-order valence-electron chi connectivity index (χ0n) is 11.2. The normalized spacial score (nSPS) is 11.5. The molecule has 0 radical (unpaired) electrons. The smallest absolute Gasteiger partial charge is 0.265 e. The summed E-state index contributed by atoms with van der Waals surface area (Å²) in [7, 11) is -2.36. The molecule has 0 fully saturated rings. The molecule has 2 rings (SSSR count). The number of non-ortho nitro benzene ring substituents is 1. The van der Waals surface area contributed by atoms with Gasteiger partial charge in [0, 0.05) is 38.1 Å². The zero-order chi connectivity index (χ0) is 15.5. The lowest BCUT2D eigenvalue weighted by Crippen LogP contribution is -2.26. The van der Waals surface area contributed by atoms with E-state index in [9.17, 15) is 18.5 Å². The Balaban J connectivity index is 2.29. The lowest BCUT2D eigenvalue weighted by atomic mass is 10.3. The largest absolute Gasteiger partial charge is 0.270 e. The van der Waals surface area contributed by atoms with E-state index in [1.54, 1.807) is 24.5 Å². The van der Waals surface area contributed by atoms with Crippen LogP contribution in [0.25, 0.3) is 0 Å². The molecule has 0 aliphatic heterocycles. The fourth-order valence-electron chi connectivity index (χ4n) is 1.77. The van der Waals surface area contributed by atoms with E-state index in [1.165, 1.54) is 25.2 Å². The van der Waals surface area contributed by atoms with Crippen LogP contribution in [0.2, 0.25) is 0 Å². The van der Waals surface area contributed by atoms with Crippen molar-refractivity contribution in [3.8, 4) is 0 Å². The molecule has 110 valence electrons. The molecule has 1 aromatic carbocycles. The van der Waals surface area contributed by atoms with Gasteiger partial charge in [0.2, 0.25) is 10.0 Å². The van der Waals surface area contributed by atoms with Crippen LogP contribution in [0.3, 0.4) is 0 Å². The van der Waals surface area contributed by atoms with E-state index in [4.69, 9.17) is 0 Å². The second kappa shape index (κ2) is 5.98. The fraction of sp³-hybridized carbons (Fsp3) is 0.154. The molecular weight excluding hydrogens is 294 g/mol. The zero-order valence-corrected chi connectivity index (χ0v) is 12.0. The molecule has 1 aromatic heterocycles. The summed E-state index contributed by atoms with van der Waals surface area (Å²) in [5, 5.41) is 10.7. The topological polar surface area (TPSA) is 93.4 Å². The molecule has 0 saturated carbocycles. The number of rotatable bonds is 5. The van der Waals surface area contributed by atoms with Crippen molar-refractivity contribution in [2.45, 2.75) is 11.4 Å². The molecule has 0 atom stereocenters. The van der Waals surface area contributed by atoms with E-state index in [0.29, 0.717) is 0 Å². The summed E-state index contributed by atoms with van der Waals surface area (Å²) in [5.74, 6) is 0. The van der Waals surface area contributed by atoms with E-state index >= 15 is 0 Å². The number of hydrogen-bond acceptors (Lipinski definition) is 5. The van der Waals surface area contributed by atoms with Gasteiger partial charge in [-0.15, -0.1) is 0 Å². The highest BCUT2D eigenvalue weighted by molar-refractivity contribution is 7.89. The second-order valence-corrected chi connectivity index (χ2v) is 6.42. The number of nitro benzene ring substituents is 1.